The number of piperazine rings is 1. The molecule has 1 aliphatic heterocycles. The Labute approximate surface area is 200 Å². The van der Waals surface area contributed by atoms with Crippen LogP contribution in [-0.2, 0) is 4.79 Å². The van der Waals surface area contributed by atoms with Crippen LogP contribution in [0.15, 0.2) is 42.5 Å². The molecule has 34 heavy (non-hydrogen) atoms. The maximum Gasteiger partial charge on any atom is 0.258 e. The number of hydrogen-bond donors (Lipinski definition) is 2. The molecule has 0 saturated carbocycles. The molecule has 2 N–H and O–H groups in total. The molecule has 0 spiro atoms. The van der Waals surface area contributed by atoms with E-state index < -0.39 is 0 Å². The molecule has 2 aromatic carbocycles. The van der Waals surface area contributed by atoms with Crippen LogP contribution in [0.1, 0.15) is 24.2 Å². The van der Waals surface area contributed by atoms with E-state index in [9.17, 15) is 14.0 Å². The van der Waals surface area contributed by atoms with E-state index in [1.807, 2.05) is 13.8 Å². The molecule has 0 bridgehead atoms. The van der Waals surface area contributed by atoms with Crippen LogP contribution in [0.2, 0.25) is 0 Å². The Bertz CT molecular complexity index is 960. The van der Waals surface area contributed by atoms with E-state index in [1.165, 1.54) is 19.2 Å². The van der Waals surface area contributed by atoms with Gasteiger partial charge in [0.1, 0.15) is 5.82 Å². The summed E-state index contributed by atoms with van der Waals surface area (Å²) < 4.78 is 24.0. The van der Waals surface area contributed by atoms with Crippen LogP contribution in [0.3, 0.4) is 0 Å². The standard InChI is InChI=1S/C25H33FN4O4/c1-18(2)28-24(31)17-34-22-9-4-19(16-23(22)33-3)25(32)27-10-11-29-12-14-30(15-13-29)21-7-5-20(26)6-8-21/h4-9,16,18H,10-15,17H2,1-3H3,(H,27,32)(H,28,31). The van der Waals surface area contributed by atoms with Crippen LogP contribution >= 0.6 is 0 Å². The van der Waals surface area contributed by atoms with Gasteiger partial charge in [-0.2, -0.15) is 0 Å². The molecule has 1 fully saturated rings. The number of halogens is 1. The van der Waals surface area contributed by atoms with Crippen LogP contribution in [0.5, 0.6) is 11.5 Å². The number of anilines is 1. The number of nitrogens with zero attached hydrogens (tertiary/aromatic N) is 2. The van der Waals surface area contributed by atoms with Crippen molar-refractivity contribution in [3.05, 3.63) is 53.8 Å². The minimum absolute atomic E-state index is 0.0303. The predicted octanol–water partition coefficient (Wildman–Crippen LogP) is 2.29. The summed E-state index contributed by atoms with van der Waals surface area (Å²) in [7, 11) is 1.49. The first-order valence-electron chi connectivity index (χ1n) is 11.5. The third-order valence-corrected chi connectivity index (χ3v) is 5.51. The zero-order chi connectivity index (χ0) is 24.5. The molecule has 0 atom stereocenters. The summed E-state index contributed by atoms with van der Waals surface area (Å²) in [5, 5.41) is 5.70. The first kappa shape index (κ1) is 25.3. The molecule has 3 rings (SSSR count). The number of carbonyl (C=O) groups excluding carboxylic acids is 2. The predicted molar refractivity (Wildman–Crippen MR) is 129 cm³/mol. The molecule has 9 heteroatoms. The lowest BCUT2D eigenvalue weighted by Gasteiger charge is -2.36. The van der Waals surface area contributed by atoms with E-state index in [0.717, 1.165) is 38.4 Å². The lowest BCUT2D eigenvalue weighted by atomic mass is 10.2. The van der Waals surface area contributed by atoms with Crippen molar-refractivity contribution in [3.8, 4) is 11.5 Å². The third kappa shape index (κ3) is 7.34. The molecule has 1 heterocycles. The van der Waals surface area contributed by atoms with Gasteiger partial charge in [0.15, 0.2) is 18.1 Å². The number of hydrogen-bond acceptors (Lipinski definition) is 6. The molecule has 0 aromatic heterocycles. The second kappa shape index (κ2) is 12.2. The lowest BCUT2D eigenvalue weighted by Crippen LogP contribution is -2.48. The Morgan fingerprint density at radius 1 is 1.03 bits per heavy atom. The molecular formula is C25H33FN4O4. The van der Waals surface area contributed by atoms with E-state index in [0.29, 0.717) is 23.6 Å². The summed E-state index contributed by atoms with van der Waals surface area (Å²) in [6, 6.07) is 11.5. The number of rotatable bonds is 10. The summed E-state index contributed by atoms with van der Waals surface area (Å²) in [6.07, 6.45) is 0. The highest BCUT2D eigenvalue weighted by Gasteiger charge is 2.18. The molecule has 0 aliphatic carbocycles. The summed E-state index contributed by atoms with van der Waals surface area (Å²) in [6.45, 7) is 8.33. The van der Waals surface area contributed by atoms with E-state index in [1.54, 1.807) is 30.3 Å². The van der Waals surface area contributed by atoms with Gasteiger partial charge in [-0.15, -0.1) is 0 Å². The van der Waals surface area contributed by atoms with Gasteiger partial charge in [-0.3, -0.25) is 14.5 Å². The van der Waals surface area contributed by atoms with E-state index >= 15 is 0 Å². The Balaban J connectivity index is 1.43. The van der Waals surface area contributed by atoms with Crippen LogP contribution in [-0.4, -0.2) is 75.7 Å². The number of ether oxygens (including phenoxy) is 2. The molecular weight excluding hydrogens is 439 g/mol. The third-order valence-electron chi connectivity index (χ3n) is 5.51. The summed E-state index contributed by atoms with van der Waals surface area (Å²) in [4.78, 5) is 28.9. The maximum absolute atomic E-state index is 13.1. The Morgan fingerprint density at radius 3 is 2.38 bits per heavy atom. The molecule has 8 nitrogen and oxygen atoms in total. The number of amides is 2. The fourth-order valence-electron chi connectivity index (χ4n) is 3.75. The minimum Gasteiger partial charge on any atom is -0.493 e. The first-order valence-corrected chi connectivity index (χ1v) is 11.5. The van der Waals surface area contributed by atoms with Gasteiger partial charge in [0.05, 0.1) is 7.11 Å². The molecule has 1 saturated heterocycles. The van der Waals surface area contributed by atoms with Gasteiger partial charge in [-0.1, -0.05) is 0 Å². The van der Waals surface area contributed by atoms with Gasteiger partial charge in [0.2, 0.25) is 0 Å². The average Bonchev–Trinajstić information content (AvgIpc) is 2.83. The lowest BCUT2D eigenvalue weighted by molar-refractivity contribution is -0.123. The van der Waals surface area contributed by atoms with E-state index in [2.05, 4.69) is 20.4 Å². The van der Waals surface area contributed by atoms with Crippen molar-refractivity contribution in [1.82, 2.24) is 15.5 Å². The quantitative estimate of drug-likeness (QED) is 0.552. The normalized spacial score (nSPS) is 14.1. The molecule has 2 aromatic rings. The maximum atomic E-state index is 13.1. The van der Waals surface area contributed by atoms with Gasteiger partial charge >= 0.3 is 0 Å². The molecule has 1 aliphatic rings. The van der Waals surface area contributed by atoms with Crippen molar-refractivity contribution < 1.29 is 23.5 Å². The average molecular weight is 473 g/mol. The van der Waals surface area contributed by atoms with E-state index in [-0.39, 0.29) is 30.3 Å². The van der Waals surface area contributed by atoms with Crippen LogP contribution < -0.4 is 25.0 Å². The highest BCUT2D eigenvalue weighted by molar-refractivity contribution is 5.94. The monoisotopic (exact) mass is 472 g/mol. The summed E-state index contributed by atoms with van der Waals surface area (Å²) >= 11 is 0. The Kier molecular flexibility index (Phi) is 9.09. The van der Waals surface area contributed by atoms with Gasteiger partial charge < -0.3 is 25.0 Å². The number of benzene rings is 2. The topological polar surface area (TPSA) is 83.1 Å². The minimum atomic E-state index is -0.230. The van der Waals surface area contributed by atoms with Crippen molar-refractivity contribution in [2.24, 2.45) is 0 Å². The summed E-state index contributed by atoms with van der Waals surface area (Å²) in [5.74, 6) is 0.135. The van der Waals surface area contributed by atoms with Crippen molar-refractivity contribution in [2.45, 2.75) is 19.9 Å². The van der Waals surface area contributed by atoms with Crippen LogP contribution in [0.25, 0.3) is 0 Å². The number of carbonyl (C=O) groups is 2. The van der Waals surface area contributed by atoms with Gasteiger partial charge in [-0.05, 0) is 56.3 Å². The summed E-state index contributed by atoms with van der Waals surface area (Å²) in [5.41, 5.74) is 1.48. The molecule has 0 unspecified atom stereocenters. The highest BCUT2D eigenvalue weighted by atomic mass is 19.1. The first-order chi connectivity index (χ1) is 16.4. The van der Waals surface area contributed by atoms with Crippen LogP contribution in [0, 0.1) is 5.82 Å². The SMILES string of the molecule is COc1cc(C(=O)NCCN2CCN(c3ccc(F)cc3)CC2)ccc1OCC(=O)NC(C)C. The van der Waals surface area contributed by atoms with Gasteiger partial charge in [0, 0.05) is 56.6 Å². The van der Waals surface area contributed by atoms with Crippen molar-refractivity contribution in [1.29, 1.82) is 0 Å². The molecule has 2 amide bonds. The second-order valence-corrected chi connectivity index (χ2v) is 8.44. The largest absolute Gasteiger partial charge is 0.493 e. The number of methoxy groups -OCH3 is 1. The zero-order valence-corrected chi connectivity index (χ0v) is 20.0. The fraction of sp³-hybridized carbons (Fsp3) is 0.440. The Hall–Kier alpha value is -3.33. The van der Waals surface area contributed by atoms with Gasteiger partial charge in [0.25, 0.3) is 11.8 Å². The zero-order valence-electron chi connectivity index (χ0n) is 20.0. The van der Waals surface area contributed by atoms with Crippen molar-refractivity contribution in [2.75, 3.05) is 57.9 Å². The fourth-order valence-corrected chi connectivity index (χ4v) is 3.75. The van der Waals surface area contributed by atoms with Crippen LogP contribution in [0.4, 0.5) is 10.1 Å². The van der Waals surface area contributed by atoms with Gasteiger partial charge in [-0.25, -0.2) is 4.39 Å². The highest BCUT2D eigenvalue weighted by Crippen LogP contribution is 2.28. The molecule has 0 radical (unpaired) electrons. The van der Waals surface area contributed by atoms with Crippen molar-refractivity contribution in [3.63, 3.8) is 0 Å². The Morgan fingerprint density at radius 2 is 1.74 bits per heavy atom. The smallest absolute Gasteiger partial charge is 0.258 e. The molecule has 184 valence electrons. The second-order valence-electron chi connectivity index (χ2n) is 8.44. The number of nitrogens with one attached hydrogen (secondary N) is 2. The van der Waals surface area contributed by atoms with Crippen molar-refractivity contribution >= 4 is 17.5 Å². The van der Waals surface area contributed by atoms with E-state index in [4.69, 9.17) is 9.47 Å².